The summed E-state index contributed by atoms with van der Waals surface area (Å²) in [5, 5.41) is 19.2. The molecule has 2 aromatic rings. The second kappa shape index (κ2) is 8.14. The van der Waals surface area contributed by atoms with Gasteiger partial charge in [0, 0.05) is 33.4 Å². The number of aryl methyl sites for hydroxylation is 1. The molecule has 1 unspecified atom stereocenters. The molecular weight excluding hydrogens is 328 g/mol. The van der Waals surface area contributed by atoms with E-state index in [9.17, 15) is 4.79 Å². The Morgan fingerprint density at radius 3 is 3.16 bits per heavy atom. The molecule has 3 heterocycles. The summed E-state index contributed by atoms with van der Waals surface area (Å²) in [4.78, 5) is 15.7. The minimum atomic E-state index is -0.295. The van der Waals surface area contributed by atoms with Gasteiger partial charge >= 0.3 is 0 Å². The van der Waals surface area contributed by atoms with E-state index in [1.54, 1.807) is 31.2 Å². The highest BCUT2D eigenvalue weighted by Crippen LogP contribution is 2.18. The number of anilines is 1. The van der Waals surface area contributed by atoms with Crippen molar-refractivity contribution in [1.82, 2.24) is 34.9 Å². The summed E-state index contributed by atoms with van der Waals surface area (Å²) in [6, 6.07) is 0. The van der Waals surface area contributed by atoms with Gasteiger partial charge < -0.3 is 14.8 Å². The second-order valence-corrected chi connectivity index (χ2v) is 5.78. The summed E-state index contributed by atoms with van der Waals surface area (Å²) in [5.41, 5.74) is 0.681. The van der Waals surface area contributed by atoms with E-state index in [1.165, 1.54) is 4.80 Å². The molecule has 11 nitrogen and oxygen atoms in total. The fourth-order valence-corrected chi connectivity index (χ4v) is 2.54. The van der Waals surface area contributed by atoms with Crippen LogP contribution in [0.3, 0.4) is 0 Å². The van der Waals surface area contributed by atoms with Gasteiger partial charge in [0.1, 0.15) is 6.10 Å². The number of nitrogens with zero attached hydrogens (tertiary/aromatic N) is 7. The van der Waals surface area contributed by atoms with Crippen LogP contribution in [0, 0.1) is 0 Å². The monoisotopic (exact) mass is 350 g/mol. The summed E-state index contributed by atoms with van der Waals surface area (Å²) >= 11 is 0. The maximum atomic E-state index is 12.2. The third kappa shape index (κ3) is 4.81. The molecule has 2 aromatic heterocycles. The lowest BCUT2D eigenvalue weighted by Crippen LogP contribution is -2.42. The van der Waals surface area contributed by atoms with Crippen LogP contribution < -0.4 is 5.32 Å². The smallest absolute Gasteiger partial charge is 0.238 e. The van der Waals surface area contributed by atoms with Crippen molar-refractivity contribution in [2.24, 2.45) is 7.05 Å². The molecule has 136 valence electrons. The summed E-state index contributed by atoms with van der Waals surface area (Å²) in [6.07, 6.45) is 3.07. The average molecular weight is 350 g/mol. The number of methoxy groups -OCH3 is 1. The van der Waals surface area contributed by atoms with E-state index in [0.29, 0.717) is 44.4 Å². The van der Waals surface area contributed by atoms with Gasteiger partial charge in [-0.2, -0.15) is 9.90 Å². The van der Waals surface area contributed by atoms with Gasteiger partial charge in [0.2, 0.25) is 11.7 Å². The first kappa shape index (κ1) is 17.5. The molecule has 1 amide bonds. The van der Waals surface area contributed by atoms with Gasteiger partial charge in [0.25, 0.3) is 0 Å². The van der Waals surface area contributed by atoms with E-state index < -0.39 is 0 Å². The number of hydrogen-bond acceptors (Lipinski definition) is 8. The fourth-order valence-electron chi connectivity index (χ4n) is 2.54. The van der Waals surface area contributed by atoms with E-state index in [1.807, 2.05) is 4.90 Å². The number of ether oxygens (including phenoxy) is 2. The third-order valence-corrected chi connectivity index (χ3v) is 3.76. The first-order valence-corrected chi connectivity index (χ1v) is 8.03. The molecule has 3 rings (SSSR count). The first-order valence-electron chi connectivity index (χ1n) is 8.03. The van der Waals surface area contributed by atoms with Gasteiger partial charge in [0.15, 0.2) is 0 Å². The number of nitrogens with one attached hydrogen (secondary N) is 1. The number of carbonyl (C=O) groups excluding carboxylic acids is 1. The summed E-state index contributed by atoms with van der Waals surface area (Å²) in [7, 11) is 3.42. The topological polar surface area (TPSA) is 112 Å². The summed E-state index contributed by atoms with van der Waals surface area (Å²) in [6.45, 7) is 3.05. The Balaban J connectivity index is 1.52. The zero-order valence-electron chi connectivity index (χ0n) is 14.3. The summed E-state index contributed by atoms with van der Waals surface area (Å²) in [5.74, 6) is 0.429. The molecule has 0 aromatic carbocycles. The van der Waals surface area contributed by atoms with Crippen LogP contribution in [0.25, 0.3) is 0 Å². The normalized spacial score (nSPS) is 18.4. The molecule has 1 atom stereocenters. The standard InChI is InChI=1S/C14H22N8O3/c1-20-8-11(7-15-20)16-13(23)10-21-3-6-25-12(9-21)14-17-19-22(18-14)4-5-24-2/h7-8,12H,3-6,9-10H2,1-2H3,(H,16,23). The quantitative estimate of drug-likeness (QED) is 0.681. The Kier molecular flexibility index (Phi) is 5.68. The van der Waals surface area contributed by atoms with Crippen molar-refractivity contribution in [2.45, 2.75) is 12.6 Å². The van der Waals surface area contributed by atoms with Crippen LogP contribution in [0.5, 0.6) is 0 Å². The molecule has 1 aliphatic heterocycles. The molecule has 0 saturated carbocycles. The largest absolute Gasteiger partial charge is 0.383 e. The van der Waals surface area contributed by atoms with E-state index in [-0.39, 0.29) is 18.6 Å². The van der Waals surface area contributed by atoms with Crippen LogP contribution in [0.4, 0.5) is 5.69 Å². The molecule has 0 radical (unpaired) electrons. The third-order valence-electron chi connectivity index (χ3n) is 3.76. The fraction of sp³-hybridized carbons (Fsp3) is 0.643. The number of aromatic nitrogens is 6. The lowest BCUT2D eigenvalue weighted by molar-refractivity contribution is -0.119. The van der Waals surface area contributed by atoms with Gasteiger partial charge in [-0.25, -0.2) is 0 Å². The van der Waals surface area contributed by atoms with Crippen LogP contribution >= 0.6 is 0 Å². The Morgan fingerprint density at radius 1 is 1.52 bits per heavy atom. The van der Waals surface area contributed by atoms with E-state index >= 15 is 0 Å². The van der Waals surface area contributed by atoms with Crippen LogP contribution in [-0.4, -0.2) is 80.8 Å². The van der Waals surface area contributed by atoms with Crippen molar-refractivity contribution in [3.63, 3.8) is 0 Å². The number of hydrogen-bond donors (Lipinski definition) is 1. The lowest BCUT2D eigenvalue weighted by atomic mass is 10.2. The number of amides is 1. The minimum absolute atomic E-state index is 0.0923. The number of tetrazole rings is 1. The van der Waals surface area contributed by atoms with Crippen molar-refractivity contribution in [1.29, 1.82) is 0 Å². The van der Waals surface area contributed by atoms with Crippen LogP contribution in [0.15, 0.2) is 12.4 Å². The lowest BCUT2D eigenvalue weighted by Gasteiger charge is -2.30. The highest BCUT2D eigenvalue weighted by Gasteiger charge is 2.27. The van der Waals surface area contributed by atoms with E-state index in [2.05, 4.69) is 25.8 Å². The molecule has 11 heteroatoms. The molecule has 1 fully saturated rings. The maximum Gasteiger partial charge on any atom is 0.238 e. The molecule has 1 aliphatic rings. The van der Waals surface area contributed by atoms with E-state index in [0.717, 1.165) is 0 Å². The van der Waals surface area contributed by atoms with Crippen LogP contribution in [-0.2, 0) is 27.9 Å². The predicted octanol–water partition coefficient (Wildman–Crippen LogP) is -0.935. The van der Waals surface area contributed by atoms with Gasteiger partial charge in [-0.15, -0.1) is 10.2 Å². The average Bonchev–Trinajstić information content (AvgIpc) is 3.22. The van der Waals surface area contributed by atoms with Crippen LogP contribution in [0.2, 0.25) is 0 Å². The Hall–Kier alpha value is -2.37. The van der Waals surface area contributed by atoms with Gasteiger partial charge in [-0.05, 0) is 5.21 Å². The second-order valence-electron chi connectivity index (χ2n) is 5.78. The maximum absolute atomic E-state index is 12.2. The highest BCUT2D eigenvalue weighted by atomic mass is 16.5. The van der Waals surface area contributed by atoms with Crippen LogP contribution in [0.1, 0.15) is 11.9 Å². The highest BCUT2D eigenvalue weighted by molar-refractivity contribution is 5.91. The molecule has 1 N–H and O–H groups in total. The predicted molar refractivity (Wildman–Crippen MR) is 86.7 cm³/mol. The number of carbonyl (C=O) groups is 1. The van der Waals surface area contributed by atoms with Gasteiger partial charge in [0.05, 0.1) is 38.2 Å². The Morgan fingerprint density at radius 2 is 2.40 bits per heavy atom. The minimum Gasteiger partial charge on any atom is -0.383 e. The number of morpholine rings is 1. The van der Waals surface area contributed by atoms with Gasteiger partial charge in [-0.1, -0.05) is 0 Å². The first-order chi connectivity index (χ1) is 12.1. The van der Waals surface area contributed by atoms with E-state index in [4.69, 9.17) is 9.47 Å². The van der Waals surface area contributed by atoms with Crippen molar-refractivity contribution in [3.05, 3.63) is 18.2 Å². The van der Waals surface area contributed by atoms with Crippen molar-refractivity contribution < 1.29 is 14.3 Å². The zero-order chi connectivity index (χ0) is 17.6. The Labute approximate surface area is 144 Å². The molecule has 0 bridgehead atoms. The van der Waals surface area contributed by atoms with Crippen molar-refractivity contribution in [3.8, 4) is 0 Å². The SMILES string of the molecule is COCCn1nnc(C2CN(CC(=O)Nc3cnn(C)c3)CCO2)n1. The van der Waals surface area contributed by atoms with Crippen molar-refractivity contribution >= 4 is 11.6 Å². The molecule has 25 heavy (non-hydrogen) atoms. The van der Waals surface area contributed by atoms with Crippen molar-refractivity contribution in [2.75, 3.05) is 45.3 Å². The summed E-state index contributed by atoms with van der Waals surface area (Å²) < 4.78 is 12.3. The molecular formula is C14H22N8O3. The molecule has 1 saturated heterocycles. The van der Waals surface area contributed by atoms with Gasteiger partial charge in [-0.3, -0.25) is 14.4 Å². The zero-order valence-corrected chi connectivity index (χ0v) is 14.3. The molecule has 0 spiro atoms. The molecule has 0 aliphatic carbocycles. The number of rotatable bonds is 7. The Bertz CT molecular complexity index is 700.